The molecule has 0 saturated heterocycles. The first-order valence-electron chi connectivity index (χ1n) is 10.2. The molecule has 174 valence electrons. The number of nitrogens with zero attached hydrogens (tertiary/aromatic N) is 1. The van der Waals surface area contributed by atoms with Crippen molar-refractivity contribution in [2.45, 2.75) is 44.7 Å². The van der Waals surface area contributed by atoms with Crippen molar-refractivity contribution >= 4 is 28.4 Å². The number of alkyl halides is 3. The van der Waals surface area contributed by atoms with E-state index in [1.807, 2.05) is 0 Å². The summed E-state index contributed by atoms with van der Waals surface area (Å²) < 4.78 is 56.0. The van der Waals surface area contributed by atoms with Gasteiger partial charge in [0.1, 0.15) is 11.5 Å². The van der Waals surface area contributed by atoms with E-state index in [0.29, 0.717) is 11.1 Å². The minimum Gasteiger partial charge on any atom is -0.364 e. The quantitative estimate of drug-likeness (QED) is 0.494. The van der Waals surface area contributed by atoms with Gasteiger partial charge in [-0.05, 0) is 48.9 Å². The Kier molecular flexibility index (Phi) is 5.51. The van der Waals surface area contributed by atoms with Gasteiger partial charge in [0.05, 0.1) is 21.3 Å². The van der Waals surface area contributed by atoms with E-state index < -0.39 is 40.6 Å². The van der Waals surface area contributed by atoms with Crippen molar-refractivity contribution in [2.75, 3.05) is 0 Å². The molecule has 1 amide bonds. The Morgan fingerprint density at radius 3 is 2.55 bits per heavy atom. The molecule has 1 aliphatic rings. The average Bonchev–Trinajstić information content (AvgIpc) is 3.10. The molecule has 1 aromatic carbocycles. The van der Waals surface area contributed by atoms with Gasteiger partial charge < -0.3 is 10.7 Å². The Bertz CT molecular complexity index is 1340. The zero-order chi connectivity index (χ0) is 24.3. The highest BCUT2D eigenvalue weighted by molar-refractivity contribution is 6.31. The van der Waals surface area contributed by atoms with Gasteiger partial charge in [0.25, 0.3) is 5.91 Å². The SMILES string of the molecule is Cc1c([C@@H]2C[C@@](C)(C(F)(F)F)C[C@H]2c2cc(=O)c3c(C(N)=O)nccc3[nH]2)ccc(F)c1Cl. The first-order valence-corrected chi connectivity index (χ1v) is 10.5. The molecule has 3 aromatic rings. The molecule has 10 heteroatoms. The second-order valence-corrected chi connectivity index (χ2v) is 9.17. The number of hydrogen-bond acceptors (Lipinski definition) is 3. The number of aromatic amines is 1. The van der Waals surface area contributed by atoms with Gasteiger partial charge in [-0.2, -0.15) is 13.2 Å². The number of benzene rings is 1. The molecule has 3 atom stereocenters. The summed E-state index contributed by atoms with van der Waals surface area (Å²) >= 11 is 6.06. The summed E-state index contributed by atoms with van der Waals surface area (Å²) in [5, 5.41) is -0.168. The van der Waals surface area contributed by atoms with Crippen LogP contribution in [0.5, 0.6) is 0 Å². The maximum absolute atomic E-state index is 14.0. The summed E-state index contributed by atoms with van der Waals surface area (Å²) in [7, 11) is 0. The first-order chi connectivity index (χ1) is 15.3. The maximum Gasteiger partial charge on any atom is 0.394 e. The molecule has 33 heavy (non-hydrogen) atoms. The lowest BCUT2D eigenvalue weighted by molar-refractivity contribution is -0.216. The smallest absolute Gasteiger partial charge is 0.364 e. The topological polar surface area (TPSA) is 88.8 Å². The van der Waals surface area contributed by atoms with Crippen LogP contribution in [0.3, 0.4) is 0 Å². The molecule has 0 unspecified atom stereocenters. The third kappa shape index (κ3) is 3.78. The van der Waals surface area contributed by atoms with Crippen LogP contribution < -0.4 is 11.2 Å². The number of fused-ring (bicyclic) bond motifs is 1. The van der Waals surface area contributed by atoms with Crippen LogP contribution >= 0.6 is 11.6 Å². The summed E-state index contributed by atoms with van der Waals surface area (Å²) in [6.45, 7) is 2.71. The lowest BCUT2D eigenvalue weighted by atomic mass is 9.83. The van der Waals surface area contributed by atoms with Crippen LogP contribution in [-0.2, 0) is 0 Å². The molecule has 1 fully saturated rings. The number of amides is 1. The van der Waals surface area contributed by atoms with Crippen molar-refractivity contribution in [1.29, 1.82) is 0 Å². The molecule has 1 aliphatic carbocycles. The van der Waals surface area contributed by atoms with E-state index >= 15 is 0 Å². The Hall–Kier alpha value is -2.94. The molecule has 2 aromatic heterocycles. The van der Waals surface area contributed by atoms with Crippen LogP contribution in [0.25, 0.3) is 10.9 Å². The molecular weight excluding hydrogens is 462 g/mol. The minimum atomic E-state index is -4.49. The standard InChI is InChI=1S/C23H20ClF4N3O2/c1-10-11(3-4-14(25)19(10)24)12-8-22(2,23(26,27)28)9-13(12)16-7-17(32)18-15(31-16)5-6-30-20(18)21(29)33/h3-7,12-13H,8-9H2,1-2H3,(H2,29,33)(H,31,32)/t12-,13+,22+/m0/s1. The van der Waals surface area contributed by atoms with E-state index in [4.69, 9.17) is 17.3 Å². The molecule has 0 radical (unpaired) electrons. The van der Waals surface area contributed by atoms with Gasteiger partial charge in [-0.25, -0.2) is 4.39 Å². The zero-order valence-electron chi connectivity index (χ0n) is 17.7. The van der Waals surface area contributed by atoms with Gasteiger partial charge in [-0.15, -0.1) is 0 Å². The molecule has 0 aliphatic heterocycles. The van der Waals surface area contributed by atoms with Crippen LogP contribution in [0.4, 0.5) is 17.6 Å². The Balaban J connectivity index is 1.92. The molecule has 0 bridgehead atoms. The van der Waals surface area contributed by atoms with Gasteiger partial charge >= 0.3 is 6.18 Å². The van der Waals surface area contributed by atoms with Crippen molar-refractivity contribution < 1.29 is 22.4 Å². The predicted octanol–water partition coefficient (Wildman–Crippen LogP) is 5.35. The van der Waals surface area contributed by atoms with E-state index in [0.717, 1.165) is 13.0 Å². The van der Waals surface area contributed by atoms with E-state index in [1.54, 1.807) is 6.92 Å². The third-order valence-corrected chi connectivity index (χ3v) is 7.15. The van der Waals surface area contributed by atoms with Crippen molar-refractivity contribution in [3.05, 3.63) is 74.0 Å². The first kappa shape index (κ1) is 23.2. The monoisotopic (exact) mass is 481 g/mol. The second kappa shape index (κ2) is 7.83. The largest absolute Gasteiger partial charge is 0.394 e. The van der Waals surface area contributed by atoms with E-state index in [1.165, 1.54) is 24.4 Å². The zero-order valence-corrected chi connectivity index (χ0v) is 18.4. The number of nitrogens with one attached hydrogen (secondary N) is 1. The number of nitrogens with two attached hydrogens (primary N) is 1. The van der Waals surface area contributed by atoms with Crippen molar-refractivity contribution in [2.24, 2.45) is 11.1 Å². The number of hydrogen-bond donors (Lipinski definition) is 2. The van der Waals surface area contributed by atoms with Crippen LogP contribution in [-0.4, -0.2) is 22.1 Å². The van der Waals surface area contributed by atoms with Crippen LogP contribution in [0.1, 0.15) is 58.9 Å². The molecule has 2 heterocycles. The minimum absolute atomic E-state index is 0.0251. The molecule has 0 spiro atoms. The number of pyridine rings is 2. The van der Waals surface area contributed by atoms with E-state index in [-0.39, 0.29) is 40.2 Å². The fraction of sp³-hybridized carbons (Fsp3) is 0.348. The van der Waals surface area contributed by atoms with Gasteiger partial charge in [-0.1, -0.05) is 24.6 Å². The highest BCUT2D eigenvalue weighted by Gasteiger charge is 2.58. The Labute approximate surface area is 191 Å². The number of halogens is 5. The average molecular weight is 482 g/mol. The third-order valence-electron chi connectivity index (χ3n) is 6.69. The molecular formula is C23H20ClF4N3O2. The number of carbonyl (C=O) groups is 1. The van der Waals surface area contributed by atoms with Crippen LogP contribution in [0, 0.1) is 18.2 Å². The van der Waals surface area contributed by atoms with Gasteiger partial charge in [0, 0.05) is 23.9 Å². The summed E-state index contributed by atoms with van der Waals surface area (Å²) in [4.78, 5) is 31.4. The lowest BCUT2D eigenvalue weighted by Crippen LogP contribution is -2.32. The maximum atomic E-state index is 14.0. The highest BCUT2D eigenvalue weighted by atomic mass is 35.5. The van der Waals surface area contributed by atoms with Gasteiger partial charge in [0.2, 0.25) is 0 Å². The fourth-order valence-electron chi connectivity index (χ4n) is 4.90. The Morgan fingerprint density at radius 1 is 1.24 bits per heavy atom. The van der Waals surface area contributed by atoms with Gasteiger partial charge in [-0.3, -0.25) is 14.6 Å². The summed E-state index contributed by atoms with van der Waals surface area (Å²) in [5.74, 6) is -2.96. The number of aromatic nitrogens is 2. The van der Waals surface area contributed by atoms with Crippen molar-refractivity contribution in [1.82, 2.24) is 9.97 Å². The number of H-pyrrole nitrogens is 1. The van der Waals surface area contributed by atoms with Crippen molar-refractivity contribution in [3.8, 4) is 0 Å². The predicted molar refractivity (Wildman–Crippen MR) is 116 cm³/mol. The van der Waals surface area contributed by atoms with Crippen LogP contribution in [0.2, 0.25) is 5.02 Å². The molecule has 3 N–H and O–H groups in total. The lowest BCUT2D eigenvalue weighted by Gasteiger charge is -2.27. The normalized spacial score (nSPS) is 23.2. The molecule has 1 saturated carbocycles. The summed E-state index contributed by atoms with van der Waals surface area (Å²) in [6, 6.07) is 5.24. The summed E-state index contributed by atoms with van der Waals surface area (Å²) in [6.07, 6.45) is -3.74. The van der Waals surface area contributed by atoms with E-state index in [9.17, 15) is 27.2 Å². The van der Waals surface area contributed by atoms with Crippen LogP contribution in [0.15, 0.2) is 35.3 Å². The second-order valence-electron chi connectivity index (χ2n) is 8.79. The number of carbonyl (C=O) groups excluding carboxylic acids is 1. The Morgan fingerprint density at radius 2 is 1.91 bits per heavy atom. The summed E-state index contributed by atoms with van der Waals surface area (Å²) in [5.41, 5.74) is 3.87. The highest BCUT2D eigenvalue weighted by Crippen LogP contribution is 2.61. The molecule has 5 nitrogen and oxygen atoms in total. The number of rotatable bonds is 3. The van der Waals surface area contributed by atoms with Crippen molar-refractivity contribution in [3.63, 3.8) is 0 Å². The fourth-order valence-corrected chi connectivity index (χ4v) is 5.07. The van der Waals surface area contributed by atoms with Gasteiger partial charge in [0.15, 0.2) is 5.43 Å². The molecule has 4 rings (SSSR count). The van der Waals surface area contributed by atoms with E-state index in [2.05, 4.69) is 9.97 Å². The number of primary amides is 1.